The number of ether oxygens (including phenoxy) is 1. The van der Waals surface area contributed by atoms with E-state index in [-0.39, 0.29) is 17.0 Å². The third kappa shape index (κ3) is 4.41. The summed E-state index contributed by atoms with van der Waals surface area (Å²) in [6.07, 6.45) is -4.48. The minimum atomic E-state index is -4.48. The first-order valence-electron chi connectivity index (χ1n) is 7.79. The van der Waals surface area contributed by atoms with Crippen LogP contribution in [0.1, 0.15) is 21.7 Å². The maximum atomic E-state index is 12.5. The molecule has 0 bridgehead atoms. The summed E-state index contributed by atoms with van der Waals surface area (Å²) in [4.78, 5) is 11.9. The Bertz CT molecular complexity index is 948. The Balaban J connectivity index is 1.61. The number of alkyl halides is 3. The SMILES string of the molecule is N=C(COC(=O)c1ccc(C(F)(F)F)cc1)c1cc(-c2ccccc2)no1. The largest absolute Gasteiger partial charge is 0.455 e. The number of esters is 1. The first-order valence-corrected chi connectivity index (χ1v) is 7.79. The highest BCUT2D eigenvalue weighted by molar-refractivity contribution is 5.99. The fourth-order valence-electron chi connectivity index (χ4n) is 2.25. The molecule has 0 aliphatic heterocycles. The van der Waals surface area contributed by atoms with Crippen molar-refractivity contribution in [2.45, 2.75) is 6.18 Å². The van der Waals surface area contributed by atoms with Gasteiger partial charge in [0.1, 0.15) is 18.0 Å². The number of halogens is 3. The summed E-state index contributed by atoms with van der Waals surface area (Å²) in [6.45, 7) is -0.400. The first-order chi connectivity index (χ1) is 12.8. The number of hydrogen-bond acceptors (Lipinski definition) is 5. The highest BCUT2D eigenvalue weighted by Crippen LogP contribution is 2.29. The molecule has 8 heteroatoms. The van der Waals surface area contributed by atoms with Crippen molar-refractivity contribution in [3.05, 3.63) is 77.6 Å². The number of carbonyl (C=O) groups excluding carboxylic acids is 1. The van der Waals surface area contributed by atoms with Crippen LogP contribution in [-0.4, -0.2) is 23.4 Å². The third-order valence-electron chi connectivity index (χ3n) is 3.67. The monoisotopic (exact) mass is 374 g/mol. The number of nitrogens with one attached hydrogen (secondary N) is 1. The molecule has 0 amide bonds. The van der Waals surface area contributed by atoms with Gasteiger partial charge in [0.15, 0.2) is 5.76 Å². The highest BCUT2D eigenvalue weighted by atomic mass is 19.4. The van der Waals surface area contributed by atoms with Gasteiger partial charge in [0.05, 0.1) is 11.1 Å². The van der Waals surface area contributed by atoms with Gasteiger partial charge < -0.3 is 9.26 Å². The minimum absolute atomic E-state index is 0.0432. The molecular formula is C19H13F3N2O3. The molecule has 0 saturated heterocycles. The molecule has 1 aromatic heterocycles. The Morgan fingerprint density at radius 1 is 1.07 bits per heavy atom. The summed E-state index contributed by atoms with van der Waals surface area (Å²) in [7, 11) is 0. The third-order valence-corrected chi connectivity index (χ3v) is 3.67. The van der Waals surface area contributed by atoms with Crippen molar-refractivity contribution >= 4 is 11.7 Å². The zero-order chi connectivity index (χ0) is 19.4. The molecular weight excluding hydrogens is 361 g/mol. The lowest BCUT2D eigenvalue weighted by molar-refractivity contribution is -0.137. The van der Waals surface area contributed by atoms with E-state index in [9.17, 15) is 18.0 Å². The van der Waals surface area contributed by atoms with Gasteiger partial charge in [-0.05, 0) is 24.3 Å². The van der Waals surface area contributed by atoms with Crippen molar-refractivity contribution in [3.8, 4) is 11.3 Å². The Labute approximate surface area is 151 Å². The fourth-order valence-corrected chi connectivity index (χ4v) is 2.25. The molecule has 0 fully saturated rings. The number of carbonyl (C=O) groups is 1. The predicted molar refractivity (Wildman–Crippen MR) is 90.5 cm³/mol. The van der Waals surface area contributed by atoms with Crippen LogP contribution < -0.4 is 0 Å². The quantitative estimate of drug-likeness (QED) is 0.524. The van der Waals surface area contributed by atoms with E-state index in [2.05, 4.69) is 5.16 Å². The second-order valence-electron chi connectivity index (χ2n) is 5.57. The number of aromatic nitrogens is 1. The molecule has 138 valence electrons. The van der Waals surface area contributed by atoms with Crippen LogP contribution in [0.5, 0.6) is 0 Å². The lowest BCUT2D eigenvalue weighted by Gasteiger charge is -2.07. The lowest BCUT2D eigenvalue weighted by atomic mass is 10.1. The molecule has 0 atom stereocenters. The fraction of sp³-hybridized carbons (Fsp3) is 0.105. The van der Waals surface area contributed by atoms with Gasteiger partial charge >= 0.3 is 12.1 Å². The van der Waals surface area contributed by atoms with Gasteiger partial charge in [-0.3, -0.25) is 5.41 Å². The molecule has 2 aromatic carbocycles. The molecule has 27 heavy (non-hydrogen) atoms. The van der Waals surface area contributed by atoms with Crippen LogP contribution in [0.2, 0.25) is 0 Å². The smallest absolute Gasteiger partial charge is 0.416 e. The molecule has 3 rings (SSSR count). The lowest BCUT2D eigenvalue weighted by Crippen LogP contribution is -2.14. The Morgan fingerprint density at radius 2 is 1.74 bits per heavy atom. The van der Waals surface area contributed by atoms with E-state index >= 15 is 0 Å². The summed E-state index contributed by atoms with van der Waals surface area (Å²) < 4.78 is 47.6. The van der Waals surface area contributed by atoms with Crippen LogP contribution in [0.15, 0.2) is 65.2 Å². The van der Waals surface area contributed by atoms with E-state index in [1.54, 1.807) is 6.07 Å². The molecule has 0 unspecified atom stereocenters. The molecule has 0 radical (unpaired) electrons. The van der Waals surface area contributed by atoms with E-state index < -0.39 is 24.3 Å². The van der Waals surface area contributed by atoms with Crippen molar-refractivity contribution in [2.75, 3.05) is 6.61 Å². The minimum Gasteiger partial charge on any atom is -0.455 e. The van der Waals surface area contributed by atoms with Gasteiger partial charge in [-0.2, -0.15) is 13.2 Å². The zero-order valence-electron chi connectivity index (χ0n) is 13.8. The van der Waals surface area contributed by atoms with Crippen LogP contribution in [0.25, 0.3) is 11.3 Å². The van der Waals surface area contributed by atoms with Crippen LogP contribution in [0.4, 0.5) is 13.2 Å². The summed E-state index contributed by atoms with van der Waals surface area (Å²) in [5.74, 6) is -0.703. The van der Waals surface area contributed by atoms with E-state index in [1.165, 1.54) is 0 Å². The van der Waals surface area contributed by atoms with Crippen molar-refractivity contribution < 1.29 is 27.2 Å². The topological polar surface area (TPSA) is 76.2 Å². The number of benzene rings is 2. The standard InChI is InChI=1S/C19H13F3N2O3/c20-19(21,22)14-8-6-13(7-9-14)18(25)26-11-15(23)17-10-16(24-27-17)12-4-2-1-3-5-12/h1-10,23H,11H2. The normalized spacial score (nSPS) is 11.2. The van der Waals surface area contributed by atoms with Crippen LogP contribution in [0.3, 0.4) is 0 Å². The molecule has 5 nitrogen and oxygen atoms in total. The zero-order valence-corrected chi connectivity index (χ0v) is 13.8. The second-order valence-corrected chi connectivity index (χ2v) is 5.57. The average Bonchev–Trinajstić information content (AvgIpc) is 3.16. The Hall–Kier alpha value is -3.42. The molecule has 0 aliphatic carbocycles. The van der Waals surface area contributed by atoms with Crippen LogP contribution in [0, 0.1) is 5.41 Å². The maximum absolute atomic E-state index is 12.5. The van der Waals surface area contributed by atoms with Gasteiger partial charge in [-0.1, -0.05) is 35.5 Å². The van der Waals surface area contributed by atoms with Crippen LogP contribution >= 0.6 is 0 Å². The Kier molecular flexibility index (Phi) is 5.07. The van der Waals surface area contributed by atoms with Gasteiger partial charge in [-0.15, -0.1) is 0 Å². The van der Waals surface area contributed by atoms with Crippen molar-refractivity contribution in [1.29, 1.82) is 5.41 Å². The Morgan fingerprint density at radius 3 is 2.37 bits per heavy atom. The second kappa shape index (κ2) is 7.45. The van der Waals surface area contributed by atoms with Gasteiger partial charge in [0.2, 0.25) is 0 Å². The average molecular weight is 374 g/mol. The van der Waals surface area contributed by atoms with Gasteiger partial charge in [-0.25, -0.2) is 4.79 Å². The highest BCUT2D eigenvalue weighted by Gasteiger charge is 2.30. The van der Waals surface area contributed by atoms with Crippen molar-refractivity contribution in [1.82, 2.24) is 5.16 Å². The maximum Gasteiger partial charge on any atom is 0.416 e. The number of nitrogens with zero attached hydrogens (tertiary/aromatic N) is 1. The molecule has 0 aliphatic rings. The summed E-state index contributed by atoms with van der Waals surface area (Å²) >= 11 is 0. The van der Waals surface area contributed by atoms with E-state index in [1.807, 2.05) is 30.3 Å². The molecule has 1 N–H and O–H groups in total. The number of hydrogen-bond donors (Lipinski definition) is 1. The number of rotatable bonds is 5. The van der Waals surface area contributed by atoms with E-state index in [0.29, 0.717) is 5.69 Å². The van der Waals surface area contributed by atoms with E-state index in [4.69, 9.17) is 14.7 Å². The summed E-state index contributed by atoms with van der Waals surface area (Å²) in [5.41, 5.74) is 0.316. The van der Waals surface area contributed by atoms with Gasteiger partial charge in [0, 0.05) is 11.6 Å². The van der Waals surface area contributed by atoms with Crippen molar-refractivity contribution in [2.24, 2.45) is 0 Å². The van der Waals surface area contributed by atoms with Crippen molar-refractivity contribution in [3.63, 3.8) is 0 Å². The van der Waals surface area contributed by atoms with Crippen LogP contribution in [-0.2, 0) is 10.9 Å². The predicted octanol–water partition coefficient (Wildman–Crippen LogP) is 4.59. The molecule has 1 heterocycles. The molecule has 3 aromatic rings. The van der Waals surface area contributed by atoms with Gasteiger partial charge in [0.25, 0.3) is 0 Å². The van der Waals surface area contributed by atoms with E-state index in [0.717, 1.165) is 29.8 Å². The molecule has 0 saturated carbocycles. The molecule has 0 spiro atoms. The summed E-state index contributed by atoms with van der Waals surface area (Å²) in [6, 6.07) is 14.4. The summed E-state index contributed by atoms with van der Waals surface area (Å²) in [5, 5.41) is 11.8. The first kappa shape index (κ1) is 18.4.